The molecule has 2 atom stereocenters. The van der Waals surface area contributed by atoms with Crippen molar-refractivity contribution in [2.45, 2.75) is 30.1 Å². The number of thioether (sulfide) groups is 1. The molecule has 0 bridgehead atoms. The van der Waals surface area contributed by atoms with Crippen molar-refractivity contribution in [2.75, 3.05) is 19.5 Å². The zero-order chi connectivity index (χ0) is 15.5. The lowest BCUT2D eigenvalue weighted by molar-refractivity contribution is -0.274. The molecule has 118 valence electrons. The van der Waals surface area contributed by atoms with Crippen LogP contribution in [0.2, 0.25) is 0 Å². The van der Waals surface area contributed by atoms with Crippen LogP contribution in [0.3, 0.4) is 0 Å². The number of hydrogen-bond donors (Lipinski definition) is 1. The van der Waals surface area contributed by atoms with Crippen molar-refractivity contribution in [1.29, 1.82) is 0 Å². The first-order chi connectivity index (χ1) is 9.87. The Balaban J connectivity index is 2.05. The fourth-order valence-corrected chi connectivity index (χ4v) is 2.85. The molecular formula is C14H18F3NO2S. The number of benzene rings is 1. The minimum absolute atomic E-state index is 0.0135. The van der Waals surface area contributed by atoms with E-state index in [4.69, 9.17) is 10.5 Å². The van der Waals surface area contributed by atoms with E-state index in [9.17, 15) is 13.2 Å². The van der Waals surface area contributed by atoms with Crippen LogP contribution >= 0.6 is 11.8 Å². The summed E-state index contributed by atoms with van der Waals surface area (Å²) in [6.07, 6.45) is -1.40. The number of halogens is 3. The molecule has 2 unspecified atom stereocenters. The summed E-state index contributed by atoms with van der Waals surface area (Å²) >= 11 is 1.39. The number of aryl methyl sites for hydroxylation is 1. The van der Waals surface area contributed by atoms with Crippen LogP contribution in [0.1, 0.15) is 12.0 Å². The highest BCUT2D eigenvalue weighted by Gasteiger charge is 2.31. The van der Waals surface area contributed by atoms with Gasteiger partial charge in [0.05, 0.1) is 13.2 Å². The molecule has 0 spiro atoms. The van der Waals surface area contributed by atoms with Gasteiger partial charge in [-0.1, -0.05) is 0 Å². The highest BCUT2D eigenvalue weighted by Crippen LogP contribution is 2.29. The van der Waals surface area contributed by atoms with Crippen molar-refractivity contribution in [1.82, 2.24) is 0 Å². The van der Waals surface area contributed by atoms with Gasteiger partial charge >= 0.3 is 6.36 Å². The van der Waals surface area contributed by atoms with Gasteiger partial charge in [-0.2, -0.15) is 0 Å². The van der Waals surface area contributed by atoms with E-state index in [2.05, 4.69) is 4.74 Å². The molecule has 1 saturated heterocycles. The van der Waals surface area contributed by atoms with Crippen LogP contribution in [0.4, 0.5) is 13.2 Å². The van der Waals surface area contributed by atoms with E-state index in [0.29, 0.717) is 19.6 Å². The molecule has 0 radical (unpaired) electrons. The number of ether oxygens (including phenoxy) is 2. The molecule has 0 aliphatic carbocycles. The van der Waals surface area contributed by atoms with Crippen LogP contribution in [-0.2, 0) is 11.2 Å². The molecule has 7 heteroatoms. The number of nitrogens with two attached hydrogens (primary N) is 1. The lowest BCUT2D eigenvalue weighted by atomic mass is 9.96. The fourth-order valence-electron chi connectivity index (χ4n) is 2.35. The van der Waals surface area contributed by atoms with Crippen LogP contribution in [0.5, 0.6) is 5.75 Å². The van der Waals surface area contributed by atoms with Crippen molar-refractivity contribution < 1.29 is 22.6 Å². The van der Waals surface area contributed by atoms with Gasteiger partial charge in [-0.15, -0.1) is 24.9 Å². The topological polar surface area (TPSA) is 44.5 Å². The van der Waals surface area contributed by atoms with Crippen LogP contribution < -0.4 is 10.5 Å². The summed E-state index contributed by atoms with van der Waals surface area (Å²) in [6.45, 7) is 1.17. The fraction of sp³-hybridized carbons (Fsp3) is 0.571. The first-order valence-electron chi connectivity index (χ1n) is 6.64. The second-order valence-corrected chi connectivity index (χ2v) is 5.94. The van der Waals surface area contributed by atoms with Gasteiger partial charge in [-0.05, 0) is 48.8 Å². The van der Waals surface area contributed by atoms with Crippen LogP contribution in [0.15, 0.2) is 23.1 Å². The van der Waals surface area contributed by atoms with E-state index in [1.165, 1.54) is 23.9 Å². The average molecular weight is 321 g/mol. The molecule has 0 amide bonds. The smallest absolute Gasteiger partial charge is 0.406 e. The zero-order valence-electron chi connectivity index (χ0n) is 11.7. The molecular weight excluding hydrogens is 303 g/mol. The first kappa shape index (κ1) is 16.5. The first-order valence-corrected chi connectivity index (χ1v) is 7.87. The maximum Gasteiger partial charge on any atom is 0.573 e. The van der Waals surface area contributed by atoms with Crippen LogP contribution in [0, 0.1) is 5.92 Å². The van der Waals surface area contributed by atoms with Crippen molar-refractivity contribution >= 4 is 11.8 Å². The minimum Gasteiger partial charge on any atom is -0.406 e. The summed E-state index contributed by atoms with van der Waals surface area (Å²) in [5.41, 5.74) is 6.73. The van der Waals surface area contributed by atoms with Gasteiger partial charge in [0.15, 0.2) is 0 Å². The van der Waals surface area contributed by atoms with Crippen LogP contribution in [0.25, 0.3) is 0 Å². The molecule has 1 aliphatic rings. The van der Waals surface area contributed by atoms with Crippen molar-refractivity contribution in [3.8, 4) is 5.75 Å². The van der Waals surface area contributed by atoms with Gasteiger partial charge in [0.25, 0.3) is 0 Å². The number of hydrogen-bond acceptors (Lipinski definition) is 4. The number of alkyl halides is 3. The van der Waals surface area contributed by atoms with Crippen molar-refractivity contribution in [2.24, 2.45) is 11.7 Å². The van der Waals surface area contributed by atoms with Gasteiger partial charge in [0.2, 0.25) is 0 Å². The highest BCUT2D eigenvalue weighted by atomic mass is 32.2. The second-order valence-electron chi connectivity index (χ2n) is 5.06. The van der Waals surface area contributed by atoms with E-state index >= 15 is 0 Å². The third-order valence-electron chi connectivity index (χ3n) is 3.46. The predicted octanol–water partition coefficient (Wildman–Crippen LogP) is 3.21. The van der Waals surface area contributed by atoms with E-state index < -0.39 is 6.36 Å². The summed E-state index contributed by atoms with van der Waals surface area (Å²) in [5.74, 6) is 0.0891. The molecule has 0 aromatic heterocycles. The number of rotatable bonds is 5. The zero-order valence-corrected chi connectivity index (χ0v) is 12.5. The Morgan fingerprint density at radius 3 is 2.67 bits per heavy atom. The summed E-state index contributed by atoms with van der Waals surface area (Å²) in [6, 6.07) is 4.73. The predicted molar refractivity (Wildman–Crippen MR) is 75.5 cm³/mol. The molecule has 21 heavy (non-hydrogen) atoms. The summed E-state index contributed by atoms with van der Waals surface area (Å²) in [5, 5.41) is 0. The van der Waals surface area contributed by atoms with Gasteiger partial charge in [0.1, 0.15) is 5.75 Å². The minimum atomic E-state index is -4.67. The SMILES string of the molecule is CSc1cc(CCC2COCC2N)cc(OC(F)(F)F)c1. The molecule has 1 fully saturated rings. The Hall–Kier alpha value is -0.920. The molecule has 2 rings (SSSR count). The van der Waals surface area contributed by atoms with Gasteiger partial charge in [-0.3, -0.25) is 0 Å². The Morgan fingerprint density at radius 1 is 1.33 bits per heavy atom. The summed E-state index contributed by atoms with van der Waals surface area (Å²) < 4.78 is 46.3. The maximum atomic E-state index is 12.3. The largest absolute Gasteiger partial charge is 0.573 e. The molecule has 0 saturated carbocycles. The lowest BCUT2D eigenvalue weighted by Crippen LogP contribution is -2.28. The standard InChI is InChI=1S/C14H18F3NO2S/c1-21-12-5-9(2-3-10-7-19-8-13(10)18)4-11(6-12)20-14(15,16)17/h4-6,10,13H,2-3,7-8,18H2,1H3. The monoisotopic (exact) mass is 321 g/mol. The van der Waals surface area contributed by atoms with Gasteiger partial charge in [-0.25, -0.2) is 0 Å². The molecule has 3 nitrogen and oxygen atoms in total. The van der Waals surface area contributed by atoms with Crippen molar-refractivity contribution in [3.63, 3.8) is 0 Å². The van der Waals surface area contributed by atoms with Crippen molar-refractivity contribution in [3.05, 3.63) is 23.8 Å². The molecule has 1 aliphatic heterocycles. The van der Waals surface area contributed by atoms with E-state index in [-0.39, 0.29) is 17.7 Å². The molecule has 1 aromatic carbocycles. The molecule has 2 N–H and O–H groups in total. The Kier molecular flexibility index (Phi) is 5.40. The quantitative estimate of drug-likeness (QED) is 0.846. The maximum absolute atomic E-state index is 12.3. The lowest BCUT2D eigenvalue weighted by Gasteiger charge is -2.15. The Morgan fingerprint density at radius 2 is 2.10 bits per heavy atom. The third kappa shape index (κ3) is 5.09. The Labute approximate surface area is 126 Å². The Bertz CT molecular complexity index is 482. The summed E-state index contributed by atoms with van der Waals surface area (Å²) in [4.78, 5) is 0.749. The third-order valence-corrected chi connectivity index (χ3v) is 4.17. The van der Waals surface area contributed by atoms with Crippen LogP contribution in [-0.4, -0.2) is 31.9 Å². The summed E-state index contributed by atoms with van der Waals surface area (Å²) in [7, 11) is 0. The second kappa shape index (κ2) is 6.89. The van der Waals surface area contributed by atoms with Gasteiger partial charge < -0.3 is 15.2 Å². The normalized spacial score (nSPS) is 22.5. The van der Waals surface area contributed by atoms with Gasteiger partial charge in [0, 0.05) is 10.9 Å². The average Bonchev–Trinajstić information content (AvgIpc) is 2.79. The highest BCUT2D eigenvalue weighted by molar-refractivity contribution is 7.98. The van der Waals surface area contributed by atoms with E-state index in [0.717, 1.165) is 16.9 Å². The van der Waals surface area contributed by atoms with E-state index in [1.54, 1.807) is 0 Å². The molecule has 1 aromatic rings. The van der Waals surface area contributed by atoms with E-state index in [1.807, 2.05) is 12.3 Å². The molecule has 1 heterocycles.